The minimum Gasteiger partial charge on any atom is -0.325 e. The number of benzene rings is 1. The number of rotatable bonds is 3. The first-order chi connectivity index (χ1) is 12.9. The van der Waals surface area contributed by atoms with E-state index in [-0.39, 0.29) is 18.0 Å². The number of nitrogens with zero attached hydrogens (tertiary/aromatic N) is 4. The van der Waals surface area contributed by atoms with Crippen molar-refractivity contribution in [3.05, 3.63) is 69.8 Å². The molecule has 0 aliphatic rings. The lowest BCUT2D eigenvalue weighted by molar-refractivity contribution is -0.116. The van der Waals surface area contributed by atoms with Gasteiger partial charge in [0.2, 0.25) is 5.91 Å². The van der Waals surface area contributed by atoms with E-state index < -0.39 is 0 Å². The molecule has 3 aromatic heterocycles. The Labute approximate surface area is 155 Å². The predicted molar refractivity (Wildman–Crippen MR) is 104 cm³/mol. The van der Waals surface area contributed by atoms with Crippen LogP contribution in [0.5, 0.6) is 0 Å². The number of fused-ring (bicyclic) bond motifs is 3. The molecular weight excluding hydrogens is 342 g/mol. The third-order valence-corrected chi connectivity index (χ3v) is 4.36. The second-order valence-electron chi connectivity index (χ2n) is 6.74. The normalized spacial score (nSPS) is 11.2. The number of nitrogens with one attached hydrogen (secondary N) is 1. The number of aryl methyl sites for hydroxylation is 3. The van der Waals surface area contributed by atoms with Crippen LogP contribution in [0.3, 0.4) is 0 Å². The van der Waals surface area contributed by atoms with Crippen molar-refractivity contribution in [2.24, 2.45) is 0 Å². The standard InChI is InChI=1S/C20H19N5O2/c1-12-7-13(2)9-15(8-12)22-18(26)11-24-16-5-4-6-21-19(16)25-17(20(24)27)10-14(3)23-25/h4-10H,11H2,1-3H3,(H,22,26). The van der Waals surface area contributed by atoms with Crippen LogP contribution < -0.4 is 10.9 Å². The van der Waals surface area contributed by atoms with Gasteiger partial charge in [-0.3, -0.25) is 14.2 Å². The van der Waals surface area contributed by atoms with Crippen molar-refractivity contribution in [2.75, 3.05) is 5.32 Å². The van der Waals surface area contributed by atoms with Gasteiger partial charge in [-0.15, -0.1) is 0 Å². The summed E-state index contributed by atoms with van der Waals surface area (Å²) in [5, 5.41) is 7.23. The molecule has 0 spiro atoms. The Balaban J connectivity index is 1.77. The highest BCUT2D eigenvalue weighted by molar-refractivity contribution is 5.91. The molecule has 0 aliphatic carbocycles. The number of carbonyl (C=O) groups is 1. The molecule has 4 rings (SSSR count). The Hall–Kier alpha value is -3.48. The van der Waals surface area contributed by atoms with Crippen molar-refractivity contribution in [1.29, 1.82) is 0 Å². The molecule has 0 unspecified atom stereocenters. The molecule has 0 atom stereocenters. The minimum atomic E-state index is -0.272. The van der Waals surface area contributed by atoms with E-state index in [1.54, 1.807) is 24.4 Å². The fourth-order valence-electron chi connectivity index (χ4n) is 3.37. The first-order valence-electron chi connectivity index (χ1n) is 8.64. The smallest absolute Gasteiger partial charge is 0.277 e. The highest BCUT2D eigenvalue weighted by Gasteiger charge is 2.15. The van der Waals surface area contributed by atoms with Crippen molar-refractivity contribution < 1.29 is 4.79 Å². The SMILES string of the molecule is Cc1cc(C)cc(NC(=O)Cn2c(=O)c3cc(C)nn3c3ncccc32)c1. The third kappa shape index (κ3) is 3.08. The van der Waals surface area contributed by atoms with E-state index in [0.717, 1.165) is 16.8 Å². The van der Waals surface area contributed by atoms with Crippen LogP contribution in [-0.4, -0.2) is 25.1 Å². The molecule has 3 heterocycles. The van der Waals surface area contributed by atoms with Gasteiger partial charge in [-0.05, 0) is 62.2 Å². The predicted octanol–water partition coefficient (Wildman–Crippen LogP) is 2.61. The summed E-state index contributed by atoms with van der Waals surface area (Å²) in [7, 11) is 0. The van der Waals surface area contributed by atoms with Gasteiger partial charge in [-0.25, -0.2) is 9.50 Å². The molecule has 1 aromatic carbocycles. The Morgan fingerprint density at radius 3 is 2.56 bits per heavy atom. The zero-order valence-electron chi connectivity index (χ0n) is 15.4. The molecule has 7 nitrogen and oxygen atoms in total. The second-order valence-corrected chi connectivity index (χ2v) is 6.74. The van der Waals surface area contributed by atoms with Crippen LogP contribution in [0.25, 0.3) is 16.7 Å². The fourth-order valence-corrected chi connectivity index (χ4v) is 3.37. The molecule has 7 heteroatoms. The van der Waals surface area contributed by atoms with Crippen LogP contribution >= 0.6 is 0 Å². The van der Waals surface area contributed by atoms with Crippen molar-refractivity contribution in [3.63, 3.8) is 0 Å². The molecule has 0 radical (unpaired) electrons. The average molecular weight is 361 g/mol. The number of aromatic nitrogens is 4. The molecule has 1 N–H and O–H groups in total. The Morgan fingerprint density at radius 2 is 1.81 bits per heavy atom. The lowest BCUT2D eigenvalue weighted by Crippen LogP contribution is -2.29. The molecule has 0 saturated heterocycles. The largest absolute Gasteiger partial charge is 0.325 e. The van der Waals surface area contributed by atoms with Gasteiger partial charge >= 0.3 is 0 Å². The van der Waals surface area contributed by atoms with E-state index >= 15 is 0 Å². The molecule has 4 aromatic rings. The molecule has 1 amide bonds. The lowest BCUT2D eigenvalue weighted by atomic mass is 10.1. The van der Waals surface area contributed by atoms with E-state index in [9.17, 15) is 9.59 Å². The lowest BCUT2D eigenvalue weighted by Gasteiger charge is -2.12. The topological polar surface area (TPSA) is 81.3 Å². The maximum absolute atomic E-state index is 12.9. The molecule has 136 valence electrons. The van der Waals surface area contributed by atoms with E-state index in [4.69, 9.17) is 0 Å². The first-order valence-corrected chi connectivity index (χ1v) is 8.64. The quantitative estimate of drug-likeness (QED) is 0.608. The first kappa shape index (κ1) is 17.0. The Morgan fingerprint density at radius 1 is 1.07 bits per heavy atom. The number of anilines is 1. The van der Waals surface area contributed by atoms with Crippen LogP contribution in [-0.2, 0) is 11.3 Å². The van der Waals surface area contributed by atoms with Crippen LogP contribution in [0.1, 0.15) is 16.8 Å². The number of amides is 1. The van der Waals surface area contributed by atoms with Gasteiger partial charge in [0.15, 0.2) is 5.65 Å². The fraction of sp³-hybridized carbons (Fsp3) is 0.200. The highest BCUT2D eigenvalue weighted by Crippen LogP contribution is 2.15. The molecule has 0 bridgehead atoms. The summed E-state index contributed by atoms with van der Waals surface area (Å²) in [4.78, 5) is 29.9. The maximum Gasteiger partial charge on any atom is 0.277 e. The van der Waals surface area contributed by atoms with Gasteiger partial charge in [0.1, 0.15) is 12.1 Å². The Kier molecular flexibility index (Phi) is 3.99. The zero-order chi connectivity index (χ0) is 19.1. The van der Waals surface area contributed by atoms with Crippen LogP contribution in [0.4, 0.5) is 5.69 Å². The van der Waals surface area contributed by atoms with Crippen LogP contribution in [0.2, 0.25) is 0 Å². The summed E-state index contributed by atoms with van der Waals surface area (Å²) in [6, 6.07) is 11.0. The van der Waals surface area contributed by atoms with Gasteiger partial charge in [0, 0.05) is 11.9 Å². The van der Waals surface area contributed by atoms with Gasteiger partial charge in [0.25, 0.3) is 5.56 Å². The molecular formula is C20H19N5O2. The second kappa shape index (κ2) is 6.35. The average Bonchev–Trinajstić information content (AvgIpc) is 3.00. The van der Waals surface area contributed by atoms with Gasteiger partial charge < -0.3 is 5.32 Å². The number of hydrogen-bond donors (Lipinski definition) is 1. The van der Waals surface area contributed by atoms with E-state index in [2.05, 4.69) is 15.4 Å². The van der Waals surface area contributed by atoms with E-state index in [1.807, 2.05) is 39.0 Å². The monoisotopic (exact) mass is 361 g/mol. The number of hydrogen-bond acceptors (Lipinski definition) is 4. The highest BCUT2D eigenvalue weighted by atomic mass is 16.2. The van der Waals surface area contributed by atoms with Crippen molar-refractivity contribution >= 4 is 28.3 Å². The molecule has 27 heavy (non-hydrogen) atoms. The van der Waals surface area contributed by atoms with Crippen molar-refractivity contribution in [3.8, 4) is 0 Å². The Bertz CT molecular complexity index is 1230. The van der Waals surface area contributed by atoms with Gasteiger partial charge in [-0.2, -0.15) is 5.10 Å². The molecule has 0 saturated carbocycles. The zero-order valence-corrected chi connectivity index (χ0v) is 15.4. The molecule has 0 fully saturated rings. The van der Waals surface area contributed by atoms with Crippen molar-refractivity contribution in [2.45, 2.75) is 27.3 Å². The van der Waals surface area contributed by atoms with Crippen LogP contribution in [0.15, 0.2) is 47.4 Å². The third-order valence-electron chi connectivity index (χ3n) is 4.36. The summed E-state index contributed by atoms with van der Waals surface area (Å²) in [5.41, 5.74) is 4.80. The maximum atomic E-state index is 12.9. The molecule has 0 aliphatic heterocycles. The minimum absolute atomic E-state index is 0.102. The van der Waals surface area contributed by atoms with E-state index in [0.29, 0.717) is 22.4 Å². The van der Waals surface area contributed by atoms with E-state index in [1.165, 1.54) is 9.08 Å². The summed E-state index contributed by atoms with van der Waals surface area (Å²) in [6.07, 6.45) is 1.64. The summed E-state index contributed by atoms with van der Waals surface area (Å²) < 4.78 is 2.97. The summed E-state index contributed by atoms with van der Waals surface area (Å²) in [6.45, 7) is 5.66. The van der Waals surface area contributed by atoms with Crippen LogP contribution in [0, 0.1) is 20.8 Å². The van der Waals surface area contributed by atoms with Gasteiger partial charge in [-0.1, -0.05) is 6.07 Å². The van der Waals surface area contributed by atoms with Gasteiger partial charge in [0.05, 0.1) is 11.2 Å². The summed E-state index contributed by atoms with van der Waals surface area (Å²) >= 11 is 0. The number of pyridine rings is 1. The number of carbonyl (C=O) groups excluding carboxylic acids is 1. The summed E-state index contributed by atoms with van der Waals surface area (Å²) in [5.74, 6) is -0.271. The van der Waals surface area contributed by atoms with Crippen molar-refractivity contribution in [1.82, 2.24) is 19.2 Å².